The van der Waals surface area contributed by atoms with Gasteiger partial charge in [0.05, 0.1) is 11.1 Å². The van der Waals surface area contributed by atoms with E-state index in [0.29, 0.717) is 11.3 Å². The highest BCUT2D eigenvalue weighted by molar-refractivity contribution is 6.11. The van der Waals surface area contributed by atoms with E-state index in [0.717, 1.165) is 50.5 Å². The van der Waals surface area contributed by atoms with Gasteiger partial charge in [-0.2, -0.15) is 0 Å². The van der Waals surface area contributed by atoms with E-state index >= 15 is 0 Å². The highest BCUT2D eigenvalue weighted by Crippen LogP contribution is 2.48. The quantitative estimate of drug-likeness (QED) is 0.236. The zero-order chi connectivity index (χ0) is 28.1. The molecule has 0 unspecified atom stereocenters. The number of aryl methyl sites for hydroxylation is 2. The molecule has 1 aliphatic carbocycles. The molecule has 0 saturated heterocycles. The molecule has 0 aliphatic heterocycles. The van der Waals surface area contributed by atoms with Gasteiger partial charge in [0.1, 0.15) is 7.05 Å². The predicted octanol–water partition coefficient (Wildman–Crippen LogP) is 8.48. The van der Waals surface area contributed by atoms with Gasteiger partial charge in [0.15, 0.2) is 11.8 Å². The van der Waals surface area contributed by atoms with Crippen molar-refractivity contribution in [1.82, 2.24) is 4.98 Å². The van der Waals surface area contributed by atoms with E-state index in [-0.39, 0.29) is 16.7 Å². The van der Waals surface area contributed by atoms with E-state index in [1.54, 1.807) is 0 Å². The van der Waals surface area contributed by atoms with Gasteiger partial charge in [-0.25, -0.2) is 9.55 Å². The summed E-state index contributed by atoms with van der Waals surface area (Å²) in [5.41, 5.74) is 9.12. The summed E-state index contributed by atoms with van der Waals surface area (Å²) in [6, 6.07) is 14.9. The molecule has 3 heteroatoms. The largest absolute Gasteiger partial charge is 0.437 e. The third-order valence-corrected chi connectivity index (χ3v) is 8.45. The van der Waals surface area contributed by atoms with Crippen LogP contribution in [0.15, 0.2) is 53.1 Å². The maximum absolute atomic E-state index is 8.70. The van der Waals surface area contributed by atoms with Crippen LogP contribution in [0.3, 0.4) is 0 Å². The fourth-order valence-electron chi connectivity index (χ4n) is 6.28. The fraction of sp³-hybridized carbons (Fsp3) is 0.412. The lowest BCUT2D eigenvalue weighted by Crippen LogP contribution is -2.34. The Balaban J connectivity index is 1.65. The Morgan fingerprint density at radius 3 is 2.51 bits per heavy atom. The molecule has 3 nitrogen and oxygen atoms in total. The maximum Gasteiger partial charge on any atom is 0.227 e. The Labute approximate surface area is 223 Å². The van der Waals surface area contributed by atoms with Crippen molar-refractivity contribution < 1.29 is 11.7 Å². The first-order chi connectivity index (χ1) is 18.2. The summed E-state index contributed by atoms with van der Waals surface area (Å²) >= 11 is 0. The number of furan rings is 1. The van der Waals surface area contributed by atoms with Crippen LogP contribution in [0.5, 0.6) is 0 Å². The van der Waals surface area contributed by atoms with E-state index in [1.165, 1.54) is 17.5 Å². The van der Waals surface area contributed by atoms with Crippen LogP contribution in [0, 0.1) is 12.8 Å². The van der Waals surface area contributed by atoms with E-state index in [4.69, 9.17) is 12.1 Å². The molecule has 0 spiro atoms. The Morgan fingerprint density at radius 1 is 1.00 bits per heavy atom. The first kappa shape index (κ1) is 21.8. The number of fused-ring (bicyclic) bond motifs is 6. The molecule has 190 valence electrons. The van der Waals surface area contributed by atoms with E-state index in [2.05, 4.69) is 69.5 Å². The van der Waals surface area contributed by atoms with Crippen LogP contribution in [-0.2, 0) is 24.3 Å². The second-order valence-electron chi connectivity index (χ2n) is 12.6. The molecule has 0 atom stereocenters. The second-order valence-corrected chi connectivity index (χ2v) is 12.6. The van der Waals surface area contributed by atoms with Gasteiger partial charge in [-0.15, -0.1) is 0 Å². The number of hydrogen-bond acceptors (Lipinski definition) is 2. The Kier molecular flexibility index (Phi) is 4.81. The zero-order valence-corrected chi connectivity index (χ0v) is 23.4. The van der Waals surface area contributed by atoms with Gasteiger partial charge in [0, 0.05) is 31.0 Å². The second kappa shape index (κ2) is 8.15. The summed E-state index contributed by atoms with van der Waals surface area (Å²) in [4.78, 5) is 5.22. The molecule has 0 amide bonds. The van der Waals surface area contributed by atoms with Crippen LogP contribution in [0.1, 0.15) is 79.4 Å². The molecule has 3 heterocycles. The van der Waals surface area contributed by atoms with Gasteiger partial charge < -0.3 is 4.42 Å². The summed E-state index contributed by atoms with van der Waals surface area (Å²) in [5.74, 6) is -0.141. The van der Waals surface area contributed by atoms with Crippen LogP contribution in [0.25, 0.3) is 44.2 Å². The van der Waals surface area contributed by atoms with Gasteiger partial charge in [0.2, 0.25) is 11.4 Å². The molecule has 3 aromatic heterocycles. The van der Waals surface area contributed by atoms with Crippen molar-refractivity contribution in [3.63, 3.8) is 0 Å². The van der Waals surface area contributed by atoms with Crippen LogP contribution in [0.2, 0.25) is 0 Å². The van der Waals surface area contributed by atoms with Crippen LogP contribution < -0.4 is 4.57 Å². The molecule has 0 saturated carbocycles. The lowest BCUT2D eigenvalue weighted by molar-refractivity contribution is -0.660. The maximum atomic E-state index is 8.70. The highest BCUT2D eigenvalue weighted by Gasteiger charge is 2.38. The average Bonchev–Trinajstić information content (AvgIpc) is 3.22. The predicted molar refractivity (Wildman–Crippen MR) is 154 cm³/mol. The molecule has 1 aliphatic rings. The first-order valence-electron chi connectivity index (χ1n) is 14.5. The van der Waals surface area contributed by atoms with Gasteiger partial charge >= 0.3 is 0 Å². The van der Waals surface area contributed by atoms with Crippen molar-refractivity contribution >= 4 is 33.0 Å². The molecule has 6 rings (SSSR count). The zero-order valence-electron chi connectivity index (χ0n) is 25.4. The number of benzene rings is 2. The molecule has 5 aromatic rings. The van der Waals surface area contributed by atoms with E-state index < -0.39 is 6.37 Å². The molecule has 0 radical (unpaired) electrons. The summed E-state index contributed by atoms with van der Waals surface area (Å²) in [5, 5.41) is 3.20. The molecular formula is C34H39N2O+. The highest BCUT2D eigenvalue weighted by atomic mass is 16.3. The lowest BCUT2D eigenvalue weighted by Gasteiger charge is -2.42. The SMILES string of the molecule is [2H]C([2H])(c1cc[n+](C)c(-c2c(C)ccc3c2oc2nc4c5c(ccc4cc23)C(C)(C)CCC5(C)C)c1)C(C)C. The standard InChI is InChI=1S/C34H39N2O/c1-20(2)17-22-13-16-36(8)27(18-22)28-21(3)9-11-24-25-19-23-10-12-26-29(30(23)35-32(25)37-31(24)28)34(6,7)15-14-33(26,4)5/h9-13,16,18-20H,14-15,17H2,1-8H3/q+1/i17D2. The Bertz CT molecular complexity index is 1790. The minimum absolute atomic E-state index is 0.0441. The minimum Gasteiger partial charge on any atom is -0.437 e. The van der Waals surface area contributed by atoms with Crippen molar-refractivity contribution in [1.29, 1.82) is 0 Å². The van der Waals surface area contributed by atoms with Gasteiger partial charge in [0.25, 0.3) is 0 Å². The molecule has 2 aromatic carbocycles. The van der Waals surface area contributed by atoms with Crippen molar-refractivity contribution in [3.8, 4) is 11.3 Å². The average molecular weight is 494 g/mol. The topological polar surface area (TPSA) is 29.9 Å². The van der Waals surface area contributed by atoms with Crippen molar-refractivity contribution in [2.75, 3.05) is 0 Å². The number of nitrogens with zero attached hydrogens (tertiary/aromatic N) is 2. The number of hydrogen-bond donors (Lipinski definition) is 0. The summed E-state index contributed by atoms with van der Waals surface area (Å²) in [7, 11) is 2.01. The third kappa shape index (κ3) is 3.77. The summed E-state index contributed by atoms with van der Waals surface area (Å²) in [6.45, 7) is 15.3. The molecule has 0 bridgehead atoms. The first-order valence-corrected chi connectivity index (χ1v) is 13.5. The number of aromatic nitrogens is 2. The normalized spacial score (nSPS) is 17.9. The molecule has 37 heavy (non-hydrogen) atoms. The lowest BCUT2D eigenvalue weighted by atomic mass is 9.62. The Morgan fingerprint density at radius 2 is 1.76 bits per heavy atom. The summed E-state index contributed by atoms with van der Waals surface area (Å²) < 4.78 is 26.1. The molecule has 0 fully saturated rings. The summed E-state index contributed by atoms with van der Waals surface area (Å²) in [6.07, 6.45) is 2.82. The van der Waals surface area contributed by atoms with Crippen molar-refractivity contribution in [2.45, 2.75) is 78.5 Å². The fourth-order valence-corrected chi connectivity index (χ4v) is 6.28. The number of rotatable bonds is 3. The smallest absolute Gasteiger partial charge is 0.227 e. The molecular weight excluding hydrogens is 452 g/mol. The van der Waals surface area contributed by atoms with E-state index in [1.807, 2.05) is 39.2 Å². The van der Waals surface area contributed by atoms with Gasteiger partial charge in [-0.1, -0.05) is 65.8 Å². The third-order valence-electron chi connectivity index (χ3n) is 8.45. The minimum atomic E-state index is -1.43. The van der Waals surface area contributed by atoms with Gasteiger partial charge in [-0.3, -0.25) is 0 Å². The monoisotopic (exact) mass is 493 g/mol. The molecule has 0 N–H and O–H groups in total. The van der Waals surface area contributed by atoms with Crippen LogP contribution in [-0.4, -0.2) is 4.98 Å². The van der Waals surface area contributed by atoms with Crippen LogP contribution >= 0.6 is 0 Å². The van der Waals surface area contributed by atoms with E-state index in [9.17, 15) is 0 Å². The number of pyridine rings is 2. The van der Waals surface area contributed by atoms with Crippen molar-refractivity contribution in [2.24, 2.45) is 13.0 Å². The Hall–Kier alpha value is -3.20. The van der Waals surface area contributed by atoms with Crippen LogP contribution in [0.4, 0.5) is 0 Å². The van der Waals surface area contributed by atoms with Crippen molar-refractivity contribution in [3.05, 3.63) is 70.9 Å². The van der Waals surface area contributed by atoms with Gasteiger partial charge in [-0.05, 0) is 71.2 Å².